The molecule has 11 heteroatoms. The standard InChI is InChI=1S/C18H28O9S.Mg.2H/c1-6-18(11-26-15(19)13(2)3,12-27-16(20)14(4)5)17(21)25-9-7-8-10-28(22,23)24;;;/h2,4,6-12H2,1,3,5H3,(H,22,23,24);;;. The second-order valence-electron chi connectivity index (χ2n) is 6.48. The number of carbonyl (C=O) groups excluding carboxylic acids is 3. The van der Waals surface area contributed by atoms with Crippen molar-refractivity contribution in [1.82, 2.24) is 0 Å². The van der Waals surface area contributed by atoms with E-state index >= 15 is 0 Å². The molecule has 9 nitrogen and oxygen atoms in total. The molecule has 0 aromatic heterocycles. The second-order valence-corrected chi connectivity index (χ2v) is 8.05. The van der Waals surface area contributed by atoms with Crippen molar-refractivity contribution >= 4 is 51.1 Å². The van der Waals surface area contributed by atoms with Crippen LogP contribution in [0.15, 0.2) is 24.3 Å². The van der Waals surface area contributed by atoms with Gasteiger partial charge in [-0.05, 0) is 33.1 Å². The largest absolute Gasteiger partial charge is 0.465 e. The lowest BCUT2D eigenvalue weighted by atomic mass is 9.87. The molecule has 0 aliphatic heterocycles. The Hall–Kier alpha value is -1.43. The predicted molar refractivity (Wildman–Crippen MR) is 109 cm³/mol. The molecule has 0 radical (unpaired) electrons. The Morgan fingerprint density at radius 3 is 1.72 bits per heavy atom. The summed E-state index contributed by atoms with van der Waals surface area (Å²) in [6.45, 7) is 10.6. The first kappa shape index (κ1) is 29.8. The molecule has 0 fully saturated rings. The first-order valence-electron chi connectivity index (χ1n) is 8.62. The van der Waals surface area contributed by atoms with Crippen LogP contribution in [0.3, 0.4) is 0 Å². The molecule has 0 aromatic carbocycles. The van der Waals surface area contributed by atoms with E-state index in [1.807, 2.05) is 0 Å². The van der Waals surface area contributed by atoms with Crippen molar-refractivity contribution < 1.29 is 41.6 Å². The Morgan fingerprint density at radius 1 is 0.931 bits per heavy atom. The molecular formula is C18H30MgO9S. The molecule has 0 spiro atoms. The topological polar surface area (TPSA) is 133 Å². The summed E-state index contributed by atoms with van der Waals surface area (Å²) in [4.78, 5) is 36.0. The molecule has 0 aliphatic rings. The fourth-order valence-corrected chi connectivity index (χ4v) is 2.44. The van der Waals surface area contributed by atoms with E-state index in [1.165, 1.54) is 13.8 Å². The van der Waals surface area contributed by atoms with Crippen molar-refractivity contribution in [3.8, 4) is 0 Å². The number of ether oxygens (including phenoxy) is 3. The third-order valence-electron chi connectivity index (χ3n) is 3.80. The number of rotatable bonds is 13. The van der Waals surface area contributed by atoms with Crippen molar-refractivity contribution in [2.75, 3.05) is 25.6 Å². The van der Waals surface area contributed by atoms with E-state index in [9.17, 15) is 22.8 Å². The summed E-state index contributed by atoms with van der Waals surface area (Å²) in [6.07, 6.45) is 0.437. The highest BCUT2D eigenvalue weighted by atomic mass is 32.2. The lowest BCUT2D eigenvalue weighted by Crippen LogP contribution is -2.42. The summed E-state index contributed by atoms with van der Waals surface area (Å²) in [6, 6.07) is 0. The number of hydrogen-bond donors (Lipinski definition) is 1. The molecule has 164 valence electrons. The zero-order valence-electron chi connectivity index (χ0n) is 16.5. The van der Waals surface area contributed by atoms with Crippen LogP contribution in [0.25, 0.3) is 0 Å². The summed E-state index contributed by atoms with van der Waals surface area (Å²) in [5.41, 5.74) is -1.15. The molecule has 0 rings (SSSR count). The monoisotopic (exact) mass is 446 g/mol. The van der Waals surface area contributed by atoms with Gasteiger partial charge in [-0.25, -0.2) is 9.59 Å². The Morgan fingerprint density at radius 2 is 1.38 bits per heavy atom. The minimum atomic E-state index is -4.08. The first-order chi connectivity index (χ1) is 12.8. The molecule has 0 aromatic rings. The van der Waals surface area contributed by atoms with Gasteiger partial charge in [0.1, 0.15) is 18.6 Å². The molecule has 0 heterocycles. The van der Waals surface area contributed by atoms with Gasteiger partial charge < -0.3 is 14.2 Å². The SMILES string of the molecule is C=C(C)C(=O)OCC(CC)(COC(=O)C(=C)C)C(=O)OCCCCS(=O)(=O)O.[MgH2]. The van der Waals surface area contributed by atoms with Crippen molar-refractivity contribution in [2.45, 2.75) is 40.0 Å². The average molecular weight is 447 g/mol. The van der Waals surface area contributed by atoms with Gasteiger partial charge in [-0.2, -0.15) is 8.42 Å². The number of esters is 3. The van der Waals surface area contributed by atoms with Gasteiger partial charge in [-0.3, -0.25) is 9.35 Å². The van der Waals surface area contributed by atoms with Crippen molar-refractivity contribution in [1.29, 1.82) is 0 Å². The van der Waals surface area contributed by atoms with Gasteiger partial charge in [0.2, 0.25) is 0 Å². The lowest BCUT2D eigenvalue weighted by Gasteiger charge is -2.29. The molecule has 0 aliphatic carbocycles. The van der Waals surface area contributed by atoms with E-state index in [0.717, 1.165) is 0 Å². The predicted octanol–water partition coefficient (Wildman–Crippen LogP) is 0.916. The number of carbonyl (C=O) groups is 3. The molecule has 0 amide bonds. The van der Waals surface area contributed by atoms with Crippen LogP contribution >= 0.6 is 0 Å². The van der Waals surface area contributed by atoms with E-state index in [2.05, 4.69) is 13.2 Å². The van der Waals surface area contributed by atoms with Gasteiger partial charge in [0, 0.05) is 11.1 Å². The van der Waals surface area contributed by atoms with Crippen LogP contribution in [-0.2, 0) is 38.7 Å². The molecule has 0 saturated heterocycles. The average Bonchev–Trinajstić information content (AvgIpc) is 2.59. The van der Waals surface area contributed by atoms with Gasteiger partial charge in [0.05, 0.1) is 12.4 Å². The summed E-state index contributed by atoms with van der Waals surface area (Å²) < 4.78 is 45.4. The molecule has 0 unspecified atom stereocenters. The minimum Gasteiger partial charge on any atom is -0.465 e. The number of unbranched alkanes of at least 4 members (excludes halogenated alkanes) is 1. The maximum Gasteiger partial charge on any atom is 0.333 e. The fraction of sp³-hybridized carbons (Fsp3) is 0.611. The maximum absolute atomic E-state index is 12.6. The molecule has 29 heavy (non-hydrogen) atoms. The molecule has 0 atom stereocenters. The van der Waals surface area contributed by atoms with E-state index in [0.29, 0.717) is 0 Å². The van der Waals surface area contributed by atoms with Crippen LogP contribution in [0.5, 0.6) is 0 Å². The van der Waals surface area contributed by atoms with Crippen LogP contribution < -0.4 is 0 Å². The zero-order chi connectivity index (χ0) is 22.0. The highest BCUT2D eigenvalue weighted by molar-refractivity contribution is 7.85. The third-order valence-corrected chi connectivity index (χ3v) is 4.60. The van der Waals surface area contributed by atoms with Crippen LogP contribution in [0.1, 0.15) is 40.0 Å². The lowest BCUT2D eigenvalue weighted by molar-refractivity contribution is -0.170. The quantitative estimate of drug-likeness (QED) is 0.109. The van der Waals surface area contributed by atoms with Gasteiger partial charge in [0.25, 0.3) is 10.1 Å². The van der Waals surface area contributed by atoms with Crippen LogP contribution in [0.4, 0.5) is 0 Å². The summed E-state index contributed by atoms with van der Waals surface area (Å²) in [5.74, 6) is -2.61. The Bertz CT molecular complexity index is 683. The zero-order valence-corrected chi connectivity index (χ0v) is 17.3. The second kappa shape index (κ2) is 13.7. The number of hydrogen-bond acceptors (Lipinski definition) is 8. The Balaban J connectivity index is 0. The fourth-order valence-electron chi connectivity index (χ4n) is 1.87. The maximum atomic E-state index is 12.6. The van der Waals surface area contributed by atoms with E-state index in [-0.39, 0.29) is 73.3 Å². The smallest absolute Gasteiger partial charge is 0.333 e. The minimum absolute atomic E-state index is 0. The molecule has 0 bridgehead atoms. The Labute approximate surface area is 187 Å². The normalized spacial score (nSPS) is 11.0. The van der Waals surface area contributed by atoms with E-state index in [4.69, 9.17) is 18.8 Å². The third kappa shape index (κ3) is 12.0. The van der Waals surface area contributed by atoms with Gasteiger partial charge >= 0.3 is 41.0 Å². The Kier molecular flexibility index (Phi) is 14.1. The molecule has 0 saturated carbocycles. The van der Waals surface area contributed by atoms with Crippen LogP contribution in [0.2, 0.25) is 0 Å². The van der Waals surface area contributed by atoms with E-state index < -0.39 is 39.2 Å². The highest BCUT2D eigenvalue weighted by Crippen LogP contribution is 2.26. The van der Waals surface area contributed by atoms with Gasteiger partial charge in [-0.1, -0.05) is 20.1 Å². The molecule has 1 N–H and O–H groups in total. The van der Waals surface area contributed by atoms with Gasteiger partial charge in [0.15, 0.2) is 0 Å². The van der Waals surface area contributed by atoms with E-state index in [1.54, 1.807) is 6.92 Å². The van der Waals surface area contributed by atoms with Crippen molar-refractivity contribution in [3.05, 3.63) is 24.3 Å². The van der Waals surface area contributed by atoms with Crippen molar-refractivity contribution in [3.63, 3.8) is 0 Å². The molecular weight excluding hydrogens is 417 g/mol. The summed E-state index contributed by atoms with van der Waals surface area (Å²) in [5, 5.41) is 0. The first-order valence-corrected chi connectivity index (χ1v) is 10.2. The summed E-state index contributed by atoms with van der Waals surface area (Å²) in [7, 11) is -4.08. The van der Waals surface area contributed by atoms with Gasteiger partial charge in [-0.15, -0.1) is 0 Å². The van der Waals surface area contributed by atoms with Crippen LogP contribution in [-0.4, -0.2) is 79.5 Å². The van der Waals surface area contributed by atoms with Crippen LogP contribution in [0, 0.1) is 5.41 Å². The van der Waals surface area contributed by atoms with Crippen molar-refractivity contribution in [2.24, 2.45) is 5.41 Å². The highest BCUT2D eigenvalue weighted by Gasteiger charge is 2.42. The summed E-state index contributed by atoms with van der Waals surface area (Å²) >= 11 is 0.